The lowest BCUT2D eigenvalue weighted by Crippen LogP contribution is -2.31. The summed E-state index contributed by atoms with van der Waals surface area (Å²) in [6.45, 7) is 1.89. The number of piperidine rings is 1. The Morgan fingerprint density at radius 1 is 1.08 bits per heavy atom. The summed E-state index contributed by atoms with van der Waals surface area (Å²) in [6.07, 6.45) is 2.22. The monoisotopic (exact) mass is 328 g/mol. The lowest BCUT2D eigenvalue weighted by molar-refractivity contribution is 0.201. The van der Waals surface area contributed by atoms with Gasteiger partial charge in [-0.1, -0.05) is 30.3 Å². The van der Waals surface area contributed by atoms with E-state index in [1.165, 1.54) is 17.4 Å². The van der Waals surface area contributed by atoms with Crippen molar-refractivity contribution in [2.45, 2.75) is 25.8 Å². The first-order chi connectivity index (χ1) is 11.6. The van der Waals surface area contributed by atoms with E-state index in [1.807, 2.05) is 35.2 Å². The van der Waals surface area contributed by atoms with Crippen LogP contribution in [0.15, 0.2) is 48.5 Å². The van der Waals surface area contributed by atoms with Gasteiger partial charge in [0, 0.05) is 13.1 Å². The first kappa shape index (κ1) is 16.3. The second-order valence-electron chi connectivity index (χ2n) is 6.04. The van der Waals surface area contributed by atoms with Crippen LogP contribution in [0.2, 0.25) is 0 Å². The summed E-state index contributed by atoms with van der Waals surface area (Å²) in [5.74, 6) is -0.367. The summed E-state index contributed by atoms with van der Waals surface area (Å²) >= 11 is 0. The van der Waals surface area contributed by atoms with Crippen LogP contribution in [0.25, 0.3) is 0 Å². The van der Waals surface area contributed by atoms with Crippen LogP contribution in [0, 0.1) is 5.82 Å². The molecule has 0 spiro atoms. The largest absolute Gasteiger partial charge is 0.465 e. The minimum Gasteiger partial charge on any atom is -0.465 e. The van der Waals surface area contributed by atoms with E-state index in [1.54, 1.807) is 12.1 Å². The predicted molar refractivity (Wildman–Crippen MR) is 93.1 cm³/mol. The van der Waals surface area contributed by atoms with Gasteiger partial charge in [-0.25, -0.2) is 9.18 Å². The quantitative estimate of drug-likeness (QED) is 0.898. The van der Waals surface area contributed by atoms with Crippen molar-refractivity contribution >= 4 is 17.5 Å². The normalized spacial score (nSPS) is 14.5. The van der Waals surface area contributed by atoms with Gasteiger partial charge in [0.1, 0.15) is 5.82 Å². The van der Waals surface area contributed by atoms with E-state index in [0.717, 1.165) is 31.5 Å². The molecule has 0 aromatic heterocycles. The van der Waals surface area contributed by atoms with Crippen LogP contribution < -0.4 is 9.80 Å². The van der Waals surface area contributed by atoms with E-state index in [4.69, 9.17) is 0 Å². The zero-order valence-electron chi connectivity index (χ0n) is 13.5. The van der Waals surface area contributed by atoms with E-state index in [0.29, 0.717) is 11.4 Å². The topological polar surface area (TPSA) is 43.8 Å². The van der Waals surface area contributed by atoms with Crippen molar-refractivity contribution in [2.75, 3.05) is 22.9 Å². The second kappa shape index (κ2) is 7.34. The first-order valence-electron chi connectivity index (χ1n) is 8.24. The maximum absolute atomic E-state index is 14.5. The van der Waals surface area contributed by atoms with Gasteiger partial charge in [-0.05, 0) is 43.0 Å². The van der Waals surface area contributed by atoms with Crippen LogP contribution in [0.4, 0.5) is 20.6 Å². The molecule has 0 saturated carbocycles. The average molecular weight is 328 g/mol. The standard InChI is InChI=1S/C19H21FN2O2/c20-17-13-16(9-10-18(17)21-11-5-2-6-12-21)22(19(23)24)14-15-7-3-1-4-8-15/h1,3-4,7-10,13H,2,5-6,11-12,14H2,(H,23,24). The summed E-state index contributed by atoms with van der Waals surface area (Å²) in [5.41, 5.74) is 1.77. The van der Waals surface area contributed by atoms with Crippen molar-refractivity contribution in [3.05, 3.63) is 59.9 Å². The molecule has 1 N–H and O–H groups in total. The van der Waals surface area contributed by atoms with Crippen LogP contribution in [0.1, 0.15) is 24.8 Å². The molecule has 1 saturated heterocycles. The van der Waals surface area contributed by atoms with Gasteiger partial charge in [0.25, 0.3) is 0 Å². The van der Waals surface area contributed by atoms with Crippen LogP contribution in [0.3, 0.4) is 0 Å². The Labute approximate surface area is 141 Å². The molecule has 2 aromatic rings. The van der Waals surface area contributed by atoms with E-state index in [-0.39, 0.29) is 12.4 Å². The third-order valence-corrected chi connectivity index (χ3v) is 4.35. The van der Waals surface area contributed by atoms with Crippen molar-refractivity contribution in [1.29, 1.82) is 0 Å². The molecule has 5 heteroatoms. The summed E-state index contributed by atoms with van der Waals surface area (Å²) < 4.78 is 14.5. The van der Waals surface area contributed by atoms with E-state index in [9.17, 15) is 14.3 Å². The highest BCUT2D eigenvalue weighted by molar-refractivity contribution is 5.86. The molecule has 4 nitrogen and oxygen atoms in total. The maximum Gasteiger partial charge on any atom is 0.412 e. The lowest BCUT2D eigenvalue weighted by Gasteiger charge is -2.29. The second-order valence-corrected chi connectivity index (χ2v) is 6.04. The Kier molecular flexibility index (Phi) is 4.99. The van der Waals surface area contributed by atoms with Crippen LogP contribution in [-0.4, -0.2) is 24.3 Å². The number of hydrogen-bond acceptors (Lipinski definition) is 2. The molecule has 1 aliphatic heterocycles. The zero-order chi connectivity index (χ0) is 16.9. The molecule has 2 aromatic carbocycles. The summed E-state index contributed by atoms with van der Waals surface area (Å²) in [4.78, 5) is 14.8. The van der Waals surface area contributed by atoms with Gasteiger partial charge in [-0.15, -0.1) is 0 Å². The molecule has 0 atom stereocenters. The Hall–Kier alpha value is -2.56. The molecule has 0 unspecified atom stereocenters. The van der Waals surface area contributed by atoms with Gasteiger partial charge in [-0.3, -0.25) is 4.90 Å². The van der Waals surface area contributed by atoms with E-state index >= 15 is 0 Å². The molecule has 1 heterocycles. The SMILES string of the molecule is O=C(O)N(Cc1ccccc1)c1ccc(N2CCCCC2)c(F)c1. The molecular weight excluding hydrogens is 307 g/mol. The number of nitrogens with zero attached hydrogens (tertiary/aromatic N) is 2. The third-order valence-electron chi connectivity index (χ3n) is 4.35. The molecule has 3 rings (SSSR count). The van der Waals surface area contributed by atoms with Gasteiger partial charge in [0.2, 0.25) is 0 Å². The van der Waals surface area contributed by atoms with Crippen molar-refractivity contribution in [2.24, 2.45) is 0 Å². The fraction of sp³-hybridized carbons (Fsp3) is 0.316. The van der Waals surface area contributed by atoms with Gasteiger partial charge < -0.3 is 10.0 Å². The fourth-order valence-electron chi connectivity index (χ4n) is 3.09. The highest BCUT2D eigenvalue weighted by Gasteiger charge is 2.19. The van der Waals surface area contributed by atoms with Gasteiger partial charge >= 0.3 is 6.09 Å². The Morgan fingerprint density at radius 2 is 1.79 bits per heavy atom. The Balaban J connectivity index is 1.83. The number of halogens is 1. The van der Waals surface area contributed by atoms with Crippen molar-refractivity contribution in [3.63, 3.8) is 0 Å². The highest BCUT2D eigenvalue weighted by Crippen LogP contribution is 2.28. The summed E-state index contributed by atoms with van der Waals surface area (Å²) in [6, 6.07) is 14.0. The first-order valence-corrected chi connectivity index (χ1v) is 8.24. The number of benzene rings is 2. The lowest BCUT2D eigenvalue weighted by atomic mass is 10.1. The molecular formula is C19H21FN2O2. The van der Waals surface area contributed by atoms with E-state index < -0.39 is 6.09 Å². The zero-order valence-corrected chi connectivity index (χ0v) is 13.5. The predicted octanol–water partition coefficient (Wildman–Crippen LogP) is 4.50. The van der Waals surface area contributed by atoms with Gasteiger partial charge in [0.15, 0.2) is 0 Å². The number of carboxylic acid groups (broad SMARTS) is 1. The van der Waals surface area contributed by atoms with Crippen LogP contribution in [-0.2, 0) is 6.54 Å². The smallest absolute Gasteiger partial charge is 0.412 e. The number of carbonyl (C=O) groups is 1. The van der Waals surface area contributed by atoms with Crippen molar-refractivity contribution < 1.29 is 14.3 Å². The van der Waals surface area contributed by atoms with Gasteiger partial charge in [0.05, 0.1) is 17.9 Å². The van der Waals surface area contributed by atoms with Crippen LogP contribution >= 0.6 is 0 Å². The molecule has 126 valence electrons. The third kappa shape index (κ3) is 3.67. The Morgan fingerprint density at radius 3 is 2.42 bits per heavy atom. The number of rotatable bonds is 4. The average Bonchev–Trinajstić information content (AvgIpc) is 2.61. The summed E-state index contributed by atoms with van der Waals surface area (Å²) in [5, 5.41) is 9.49. The molecule has 0 aliphatic carbocycles. The number of hydrogen-bond donors (Lipinski definition) is 1. The number of amides is 1. The minimum atomic E-state index is -1.09. The maximum atomic E-state index is 14.5. The molecule has 1 amide bonds. The Bertz CT molecular complexity index is 700. The fourth-order valence-corrected chi connectivity index (χ4v) is 3.09. The number of anilines is 2. The minimum absolute atomic E-state index is 0.193. The van der Waals surface area contributed by atoms with Crippen LogP contribution in [0.5, 0.6) is 0 Å². The highest BCUT2D eigenvalue weighted by atomic mass is 19.1. The van der Waals surface area contributed by atoms with Gasteiger partial charge in [-0.2, -0.15) is 0 Å². The molecule has 24 heavy (non-hydrogen) atoms. The molecule has 0 bridgehead atoms. The molecule has 0 radical (unpaired) electrons. The summed E-state index contributed by atoms with van der Waals surface area (Å²) in [7, 11) is 0. The molecule has 1 fully saturated rings. The van der Waals surface area contributed by atoms with Crippen molar-refractivity contribution in [3.8, 4) is 0 Å². The molecule has 1 aliphatic rings. The van der Waals surface area contributed by atoms with E-state index in [2.05, 4.69) is 0 Å². The van der Waals surface area contributed by atoms with Crippen molar-refractivity contribution in [1.82, 2.24) is 0 Å².